The lowest BCUT2D eigenvalue weighted by atomic mass is 9.69. The minimum atomic E-state index is -0.622. The number of halogens is 4. The van der Waals surface area contributed by atoms with Crippen molar-refractivity contribution in [2.75, 3.05) is 13.2 Å². The molecular weight excluding hydrogens is 414 g/mol. The van der Waals surface area contributed by atoms with Crippen molar-refractivity contribution in [2.24, 2.45) is 5.41 Å². The molecule has 26 heavy (non-hydrogen) atoms. The number of hydrogen-bond donors (Lipinski definition) is 1. The standard InChI is InChI=1S/C20H20Cl4O2/c21-15-4-2-13(17(23)8-15)10-20(6-1-7-26-12-19(20)25)11-14-3-5-16(22)9-18(14)24/h2-5,8-9,19,25H,1,6-7,10-12H2. The number of benzene rings is 2. The van der Waals surface area contributed by atoms with Crippen LogP contribution in [0.25, 0.3) is 0 Å². The predicted octanol–water partition coefficient (Wildman–Crippen LogP) is 6.24. The molecule has 0 aromatic heterocycles. The summed E-state index contributed by atoms with van der Waals surface area (Å²) in [7, 11) is 0. The molecular formula is C20H20Cl4O2. The van der Waals surface area contributed by atoms with Crippen molar-refractivity contribution in [3.63, 3.8) is 0 Å². The molecule has 1 aliphatic rings. The smallest absolute Gasteiger partial charge is 0.0836 e. The van der Waals surface area contributed by atoms with Crippen LogP contribution < -0.4 is 0 Å². The van der Waals surface area contributed by atoms with Crippen molar-refractivity contribution in [3.8, 4) is 0 Å². The summed E-state index contributed by atoms with van der Waals surface area (Å²) >= 11 is 24.9. The fourth-order valence-corrected chi connectivity index (χ4v) is 4.58. The molecule has 0 radical (unpaired) electrons. The van der Waals surface area contributed by atoms with Gasteiger partial charge in [0.25, 0.3) is 0 Å². The molecule has 1 saturated heterocycles. The number of aliphatic hydroxyl groups excluding tert-OH is 1. The molecule has 1 unspecified atom stereocenters. The first-order chi connectivity index (χ1) is 12.4. The highest BCUT2D eigenvalue weighted by atomic mass is 35.5. The molecule has 1 fully saturated rings. The van der Waals surface area contributed by atoms with Crippen LogP contribution in [0.4, 0.5) is 0 Å². The fourth-order valence-electron chi connectivity index (χ4n) is 3.63. The summed E-state index contributed by atoms with van der Waals surface area (Å²) in [5.74, 6) is 0. The Kier molecular flexibility index (Phi) is 6.77. The highest BCUT2D eigenvalue weighted by Crippen LogP contribution is 2.41. The van der Waals surface area contributed by atoms with E-state index in [2.05, 4.69) is 0 Å². The lowest BCUT2D eigenvalue weighted by molar-refractivity contribution is -0.0209. The second-order valence-electron chi connectivity index (χ2n) is 6.88. The molecule has 1 aliphatic heterocycles. The van der Waals surface area contributed by atoms with E-state index in [1.807, 2.05) is 24.3 Å². The van der Waals surface area contributed by atoms with Gasteiger partial charge in [0.2, 0.25) is 0 Å². The van der Waals surface area contributed by atoms with E-state index in [0.29, 0.717) is 46.1 Å². The highest BCUT2D eigenvalue weighted by Gasteiger charge is 2.40. The van der Waals surface area contributed by atoms with Crippen LogP contribution in [0.15, 0.2) is 36.4 Å². The van der Waals surface area contributed by atoms with Gasteiger partial charge in [-0.05, 0) is 61.1 Å². The maximum Gasteiger partial charge on any atom is 0.0836 e. The summed E-state index contributed by atoms with van der Waals surface area (Å²) in [6.45, 7) is 0.942. The maximum absolute atomic E-state index is 10.9. The molecule has 1 N–H and O–H groups in total. The summed E-state index contributed by atoms with van der Waals surface area (Å²) in [6.07, 6.45) is 2.29. The second kappa shape index (κ2) is 8.68. The van der Waals surface area contributed by atoms with Gasteiger partial charge in [-0.3, -0.25) is 0 Å². The molecule has 2 aromatic rings. The summed E-state index contributed by atoms with van der Waals surface area (Å²) in [4.78, 5) is 0. The van der Waals surface area contributed by atoms with Crippen molar-refractivity contribution in [2.45, 2.75) is 31.8 Å². The summed E-state index contributed by atoms with van der Waals surface area (Å²) < 4.78 is 5.58. The van der Waals surface area contributed by atoms with Crippen molar-refractivity contribution < 1.29 is 9.84 Å². The van der Waals surface area contributed by atoms with Crippen LogP contribution in [0.1, 0.15) is 24.0 Å². The van der Waals surface area contributed by atoms with Gasteiger partial charge in [-0.25, -0.2) is 0 Å². The van der Waals surface area contributed by atoms with Crippen molar-refractivity contribution in [3.05, 3.63) is 67.6 Å². The van der Waals surface area contributed by atoms with Crippen LogP contribution >= 0.6 is 46.4 Å². The van der Waals surface area contributed by atoms with E-state index >= 15 is 0 Å². The van der Waals surface area contributed by atoms with Crippen molar-refractivity contribution in [1.82, 2.24) is 0 Å². The van der Waals surface area contributed by atoms with Crippen LogP contribution in [-0.2, 0) is 17.6 Å². The van der Waals surface area contributed by atoms with E-state index in [1.165, 1.54) is 0 Å². The van der Waals surface area contributed by atoms with Gasteiger partial charge in [-0.15, -0.1) is 0 Å². The van der Waals surface area contributed by atoms with Crippen LogP contribution in [0.5, 0.6) is 0 Å². The van der Waals surface area contributed by atoms with E-state index in [1.54, 1.807) is 12.1 Å². The molecule has 2 nitrogen and oxygen atoms in total. The third-order valence-corrected chi connectivity index (χ3v) is 6.24. The maximum atomic E-state index is 10.9. The largest absolute Gasteiger partial charge is 0.390 e. The van der Waals surface area contributed by atoms with E-state index in [0.717, 1.165) is 24.0 Å². The van der Waals surface area contributed by atoms with Crippen LogP contribution in [0.2, 0.25) is 20.1 Å². The third-order valence-electron chi connectivity index (χ3n) is 5.06. The summed E-state index contributed by atoms with van der Waals surface area (Å²) in [6, 6.07) is 11.0. The van der Waals surface area contributed by atoms with Gasteiger partial charge in [0.15, 0.2) is 0 Å². The third kappa shape index (κ3) is 4.67. The first-order valence-electron chi connectivity index (χ1n) is 8.53. The lowest BCUT2D eigenvalue weighted by Gasteiger charge is -2.37. The molecule has 140 valence electrons. The molecule has 1 atom stereocenters. The SMILES string of the molecule is OC1COCCCC1(Cc1ccc(Cl)cc1Cl)Cc1ccc(Cl)cc1Cl. The van der Waals surface area contributed by atoms with Crippen LogP contribution in [0, 0.1) is 5.41 Å². The van der Waals surface area contributed by atoms with E-state index < -0.39 is 11.5 Å². The number of rotatable bonds is 4. The molecule has 0 amide bonds. The molecule has 0 spiro atoms. The fraction of sp³-hybridized carbons (Fsp3) is 0.400. The van der Waals surface area contributed by atoms with Gasteiger partial charge in [0.05, 0.1) is 12.7 Å². The number of hydrogen-bond acceptors (Lipinski definition) is 2. The zero-order valence-corrected chi connectivity index (χ0v) is 17.2. The molecule has 1 heterocycles. The molecule has 0 aliphatic carbocycles. The normalized spacial score (nSPS) is 20.0. The monoisotopic (exact) mass is 432 g/mol. The summed E-state index contributed by atoms with van der Waals surface area (Å²) in [5.41, 5.74) is 1.50. The molecule has 3 rings (SSSR count). The minimum absolute atomic E-state index is 0.302. The van der Waals surface area contributed by atoms with Gasteiger partial charge < -0.3 is 9.84 Å². The first-order valence-corrected chi connectivity index (χ1v) is 10.0. The van der Waals surface area contributed by atoms with Gasteiger partial charge in [-0.2, -0.15) is 0 Å². The van der Waals surface area contributed by atoms with E-state index in [4.69, 9.17) is 51.1 Å². The van der Waals surface area contributed by atoms with Gasteiger partial charge in [0, 0.05) is 32.1 Å². The molecule has 0 bridgehead atoms. The van der Waals surface area contributed by atoms with Crippen LogP contribution in [0.3, 0.4) is 0 Å². The Hall–Kier alpha value is -0.480. The number of ether oxygens (including phenoxy) is 1. The quantitative estimate of drug-likeness (QED) is 0.617. The Labute approximate surface area is 174 Å². The van der Waals surface area contributed by atoms with Crippen molar-refractivity contribution >= 4 is 46.4 Å². The summed E-state index contributed by atoms with van der Waals surface area (Å²) in [5, 5.41) is 13.4. The average Bonchev–Trinajstić information content (AvgIpc) is 2.75. The Morgan fingerprint density at radius 2 is 1.46 bits per heavy atom. The Balaban J connectivity index is 1.98. The average molecular weight is 434 g/mol. The number of aliphatic hydroxyl groups is 1. The highest BCUT2D eigenvalue weighted by molar-refractivity contribution is 6.35. The molecule has 0 saturated carbocycles. The van der Waals surface area contributed by atoms with Crippen molar-refractivity contribution in [1.29, 1.82) is 0 Å². The lowest BCUT2D eigenvalue weighted by Crippen LogP contribution is -2.41. The molecule has 6 heteroatoms. The Morgan fingerprint density at radius 1 is 0.923 bits per heavy atom. The zero-order chi connectivity index (χ0) is 18.7. The molecule has 2 aromatic carbocycles. The predicted molar refractivity (Wildman–Crippen MR) is 109 cm³/mol. The van der Waals surface area contributed by atoms with E-state index in [9.17, 15) is 5.11 Å². The van der Waals surface area contributed by atoms with Gasteiger partial charge >= 0.3 is 0 Å². The van der Waals surface area contributed by atoms with Gasteiger partial charge in [-0.1, -0.05) is 58.5 Å². The second-order valence-corrected chi connectivity index (χ2v) is 8.57. The minimum Gasteiger partial charge on any atom is -0.390 e. The Bertz CT molecular complexity index is 725. The van der Waals surface area contributed by atoms with Gasteiger partial charge in [0.1, 0.15) is 0 Å². The van der Waals surface area contributed by atoms with E-state index in [-0.39, 0.29) is 0 Å². The zero-order valence-electron chi connectivity index (χ0n) is 14.2. The van der Waals surface area contributed by atoms with Crippen LogP contribution in [-0.4, -0.2) is 24.4 Å². The topological polar surface area (TPSA) is 29.5 Å². The first kappa shape index (κ1) is 20.3. The Morgan fingerprint density at radius 3 is 1.96 bits per heavy atom.